The van der Waals surface area contributed by atoms with Crippen LogP contribution in [-0.4, -0.2) is 29.4 Å². The number of nitro groups is 1. The van der Waals surface area contributed by atoms with Crippen molar-refractivity contribution >= 4 is 44.0 Å². The number of nitrogens with zero attached hydrogens (tertiary/aromatic N) is 3. The van der Waals surface area contributed by atoms with Gasteiger partial charge in [0.25, 0.3) is 5.69 Å². The van der Waals surface area contributed by atoms with Crippen molar-refractivity contribution in [1.82, 2.24) is 10.2 Å². The van der Waals surface area contributed by atoms with E-state index in [1.54, 1.807) is 24.3 Å². The summed E-state index contributed by atoms with van der Waals surface area (Å²) in [6.45, 7) is 0. The molecule has 1 heterocycles. The number of benzene rings is 2. The lowest BCUT2D eigenvalue weighted by atomic mass is 10.1. The molecule has 3 rings (SSSR count). The minimum absolute atomic E-state index is 0.124. The van der Waals surface area contributed by atoms with Crippen LogP contribution < -0.4 is 5.32 Å². The number of anilines is 1. The number of sulfone groups is 1. The lowest BCUT2D eigenvalue weighted by Gasteiger charge is -2.00. The Morgan fingerprint density at radius 3 is 2.52 bits per heavy atom. The average Bonchev–Trinajstić information content (AvgIpc) is 3.13. The van der Waals surface area contributed by atoms with Crippen molar-refractivity contribution in [3.8, 4) is 0 Å². The molecule has 0 aliphatic heterocycles. The first-order chi connectivity index (χ1) is 13.8. The van der Waals surface area contributed by atoms with E-state index < -0.39 is 20.7 Å². The highest BCUT2D eigenvalue weighted by Gasteiger charge is 2.18. The zero-order valence-corrected chi connectivity index (χ0v) is 16.4. The quantitative estimate of drug-likeness (QED) is 0.346. The molecule has 0 unspecified atom stereocenters. The predicted molar refractivity (Wildman–Crippen MR) is 108 cm³/mol. The Morgan fingerprint density at radius 1 is 1.10 bits per heavy atom. The van der Waals surface area contributed by atoms with Gasteiger partial charge in [-0.05, 0) is 24.3 Å². The van der Waals surface area contributed by atoms with Crippen molar-refractivity contribution in [2.75, 3.05) is 5.32 Å². The highest BCUT2D eigenvalue weighted by Crippen LogP contribution is 2.22. The van der Waals surface area contributed by atoms with E-state index in [9.17, 15) is 23.3 Å². The Hall–Kier alpha value is -3.44. The Kier molecular flexibility index (Phi) is 6.10. The summed E-state index contributed by atoms with van der Waals surface area (Å²) in [5.74, 6) is -0.909. The van der Waals surface area contributed by atoms with Crippen molar-refractivity contribution in [2.24, 2.45) is 0 Å². The van der Waals surface area contributed by atoms with Crippen LogP contribution in [0.15, 0.2) is 65.6 Å². The van der Waals surface area contributed by atoms with E-state index in [1.807, 2.05) is 0 Å². The molecule has 0 fully saturated rings. The van der Waals surface area contributed by atoms with Gasteiger partial charge in [-0.25, -0.2) is 8.42 Å². The number of amides is 1. The fourth-order valence-electron chi connectivity index (χ4n) is 2.34. The van der Waals surface area contributed by atoms with Gasteiger partial charge in [-0.2, -0.15) is 0 Å². The first-order valence-electron chi connectivity index (χ1n) is 8.18. The number of aromatic nitrogens is 2. The first kappa shape index (κ1) is 20.3. The van der Waals surface area contributed by atoms with Crippen molar-refractivity contribution < 1.29 is 18.1 Å². The molecule has 0 spiro atoms. The van der Waals surface area contributed by atoms with Crippen molar-refractivity contribution in [3.63, 3.8) is 0 Å². The van der Waals surface area contributed by atoms with Crippen molar-refractivity contribution in [2.45, 2.75) is 10.6 Å². The molecule has 0 radical (unpaired) electrons. The number of nitrogens with one attached hydrogen (secondary N) is 1. The van der Waals surface area contributed by atoms with Crippen LogP contribution in [0.25, 0.3) is 6.08 Å². The van der Waals surface area contributed by atoms with Gasteiger partial charge in [-0.3, -0.25) is 20.2 Å². The van der Waals surface area contributed by atoms with Crippen LogP contribution in [0.1, 0.15) is 10.6 Å². The maximum Gasteiger partial charge on any atom is 0.276 e. The molecule has 9 nitrogen and oxygen atoms in total. The SMILES string of the molecule is O=C(/C=C/c1ccccc1[N+](=O)[O-])Nc1nnc(CS(=O)(=O)c2ccccc2)s1. The van der Waals surface area contributed by atoms with Crippen LogP contribution >= 0.6 is 11.3 Å². The molecule has 0 saturated heterocycles. The van der Waals surface area contributed by atoms with Gasteiger partial charge < -0.3 is 0 Å². The summed E-state index contributed by atoms with van der Waals surface area (Å²) >= 11 is 0.937. The Labute approximate surface area is 169 Å². The number of para-hydroxylation sites is 1. The van der Waals surface area contributed by atoms with Crippen LogP contribution in [0.5, 0.6) is 0 Å². The lowest BCUT2D eigenvalue weighted by Crippen LogP contribution is -2.07. The minimum Gasteiger partial charge on any atom is -0.297 e. The largest absolute Gasteiger partial charge is 0.297 e. The van der Waals surface area contributed by atoms with Crippen molar-refractivity contribution in [3.05, 3.63) is 81.4 Å². The molecule has 0 bridgehead atoms. The highest BCUT2D eigenvalue weighted by molar-refractivity contribution is 7.90. The van der Waals surface area contributed by atoms with E-state index in [4.69, 9.17) is 0 Å². The van der Waals surface area contributed by atoms with Gasteiger partial charge in [0.15, 0.2) is 9.84 Å². The summed E-state index contributed by atoms with van der Waals surface area (Å²) in [5, 5.41) is 21.4. The number of carbonyl (C=O) groups excluding carboxylic acids is 1. The van der Waals surface area contributed by atoms with Gasteiger partial charge in [0, 0.05) is 12.1 Å². The van der Waals surface area contributed by atoms with Crippen LogP contribution in [0, 0.1) is 10.1 Å². The fourth-order valence-corrected chi connectivity index (χ4v) is 4.70. The Bertz CT molecular complexity index is 1170. The zero-order valence-electron chi connectivity index (χ0n) is 14.8. The minimum atomic E-state index is -3.57. The third-order valence-electron chi connectivity index (χ3n) is 3.66. The molecule has 29 heavy (non-hydrogen) atoms. The molecule has 0 atom stereocenters. The van der Waals surface area contributed by atoms with E-state index in [-0.39, 0.29) is 32.0 Å². The topological polar surface area (TPSA) is 132 Å². The van der Waals surface area contributed by atoms with Gasteiger partial charge in [0.1, 0.15) is 10.8 Å². The number of nitro benzene ring substituents is 1. The molecular formula is C18H14N4O5S2. The third kappa shape index (κ3) is 5.30. The van der Waals surface area contributed by atoms with Gasteiger partial charge in [0.2, 0.25) is 11.0 Å². The molecule has 3 aromatic rings. The second-order valence-corrected chi connectivity index (χ2v) is 8.76. The smallest absolute Gasteiger partial charge is 0.276 e. The zero-order chi connectivity index (χ0) is 20.9. The second kappa shape index (κ2) is 8.71. The van der Waals surface area contributed by atoms with Crippen molar-refractivity contribution in [1.29, 1.82) is 0 Å². The summed E-state index contributed by atoms with van der Waals surface area (Å²) in [6.07, 6.45) is 2.44. The van der Waals surface area contributed by atoms with Crippen LogP contribution in [0.3, 0.4) is 0 Å². The molecule has 0 aliphatic carbocycles. The predicted octanol–water partition coefficient (Wildman–Crippen LogP) is 3.07. The highest BCUT2D eigenvalue weighted by atomic mass is 32.2. The summed E-state index contributed by atoms with van der Waals surface area (Å²) in [6, 6.07) is 14.0. The Balaban J connectivity index is 1.66. The normalized spacial score (nSPS) is 11.4. The van der Waals surface area contributed by atoms with Crippen LogP contribution in [-0.2, 0) is 20.4 Å². The molecule has 1 amide bonds. The fraction of sp³-hybridized carbons (Fsp3) is 0.0556. The van der Waals surface area contributed by atoms with Gasteiger partial charge in [-0.1, -0.05) is 41.7 Å². The molecular weight excluding hydrogens is 416 g/mol. The summed E-state index contributed by atoms with van der Waals surface area (Å²) in [7, 11) is -3.57. The number of hydrogen-bond acceptors (Lipinski definition) is 8. The lowest BCUT2D eigenvalue weighted by molar-refractivity contribution is -0.385. The van der Waals surface area contributed by atoms with Crippen LogP contribution in [0.4, 0.5) is 10.8 Å². The molecule has 0 saturated carbocycles. The van der Waals surface area contributed by atoms with Gasteiger partial charge in [-0.15, -0.1) is 10.2 Å². The molecule has 1 aromatic heterocycles. The summed E-state index contributed by atoms with van der Waals surface area (Å²) in [5.41, 5.74) is 0.153. The van der Waals surface area contributed by atoms with Crippen LogP contribution in [0.2, 0.25) is 0 Å². The maximum absolute atomic E-state index is 12.4. The molecule has 0 aliphatic rings. The summed E-state index contributed by atoms with van der Waals surface area (Å²) in [4.78, 5) is 22.7. The van der Waals surface area contributed by atoms with Gasteiger partial charge >= 0.3 is 0 Å². The van der Waals surface area contributed by atoms with Gasteiger partial charge in [0.05, 0.1) is 15.4 Å². The number of rotatable bonds is 7. The second-order valence-electron chi connectivity index (χ2n) is 5.71. The third-order valence-corrected chi connectivity index (χ3v) is 6.33. The molecule has 1 N–H and O–H groups in total. The Morgan fingerprint density at radius 2 is 1.79 bits per heavy atom. The van der Waals surface area contributed by atoms with E-state index in [0.717, 1.165) is 17.4 Å². The van der Waals surface area contributed by atoms with E-state index >= 15 is 0 Å². The monoisotopic (exact) mass is 430 g/mol. The van der Waals surface area contributed by atoms with E-state index in [1.165, 1.54) is 36.4 Å². The number of hydrogen-bond donors (Lipinski definition) is 1. The number of carbonyl (C=O) groups is 1. The maximum atomic E-state index is 12.4. The molecule has 148 valence electrons. The van der Waals surface area contributed by atoms with E-state index in [2.05, 4.69) is 15.5 Å². The summed E-state index contributed by atoms with van der Waals surface area (Å²) < 4.78 is 24.7. The molecule has 2 aromatic carbocycles. The first-order valence-corrected chi connectivity index (χ1v) is 10.6. The standard InChI is InChI=1S/C18H14N4O5S2/c23-16(11-10-13-6-4-5-9-15(13)22(24)25)19-18-21-20-17(28-18)12-29(26,27)14-7-2-1-3-8-14/h1-11H,12H2,(H,19,21,23)/b11-10+. The average molecular weight is 430 g/mol. The molecule has 11 heteroatoms. The van der Waals surface area contributed by atoms with E-state index in [0.29, 0.717) is 0 Å².